The van der Waals surface area contributed by atoms with Gasteiger partial charge in [0.15, 0.2) is 0 Å². The van der Waals surface area contributed by atoms with Crippen molar-refractivity contribution in [3.63, 3.8) is 0 Å². The molecule has 0 spiro atoms. The minimum atomic E-state index is 0.238. The lowest BCUT2D eigenvalue weighted by molar-refractivity contribution is 0.284. The largest absolute Gasteiger partial charge is 0.475 e. The third-order valence-electron chi connectivity index (χ3n) is 3.81. The maximum absolute atomic E-state index is 5.79. The molecule has 0 amide bonds. The Morgan fingerprint density at radius 2 is 1.30 bits per heavy atom. The molecule has 0 aliphatic carbocycles. The smallest absolute Gasteiger partial charge is 0.222 e. The molecule has 0 N–H and O–H groups in total. The van der Waals surface area contributed by atoms with Crippen LogP contribution in [0.5, 0.6) is 0 Å². The first-order chi connectivity index (χ1) is 9.40. The number of ether oxygens (including phenoxy) is 2. The lowest BCUT2D eigenvalue weighted by atomic mass is 10.1. The Bertz CT molecular complexity index is 421. The summed E-state index contributed by atoms with van der Waals surface area (Å²) in [5.74, 6) is 2.38. The summed E-state index contributed by atoms with van der Waals surface area (Å²) in [6.07, 6.45) is 0. The molecule has 0 radical (unpaired) electrons. The maximum Gasteiger partial charge on any atom is 0.222 e. The first-order valence-electron chi connectivity index (χ1n) is 7.49. The van der Waals surface area contributed by atoms with E-state index in [1.54, 1.807) is 0 Å². The van der Waals surface area contributed by atoms with Gasteiger partial charge in [0.1, 0.15) is 13.2 Å². The van der Waals surface area contributed by atoms with E-state index in [1.165, 1.54) is 0 Å². The van der Waals surface area contributed by atoms with E-state index in [1.807, 2.05) is 0 Å². The van der Waals surface area contributed by atoms with Gasteiger partial charge >= 0.3 is 0 Å². The molecule has 2 atom stereocenters. The van der Waals surface area contributed by atoms with Gasteiger partial charge in [-0.05, 0) is 25.7 Å². The van der Waals surface area contributed by atoms with Gasteiger partial charge in [0.25, 0.3) is 0 Å². The average molecular weight is 278 g/mol. The monoisotopic (exact) mass is 278 g/mol. The van der Waals surface area contributed by atoms with E-state index in [0.717, 1.165) is 11.1 Å². The Morgan fingerprint density at radius 1 is 0.900 bits per heavy atom. The second-order valence-corrected chi connectivity index (χ2v) is 6.49. The molecular formula is C16H26N2O2. The van der Waals surface area contributed by atoms with Crippen molar-refractivity contribution in [2.45, 2.75) is 53.6 Å². The van der Waals surface area contributed by atoms with Crippen LogP contribution in [0.2, 0.25) is 0 Å². The van der Waals surface area contributed by atoms with Gasteiger partial charge in [-0.25, -0.2) is 9.98 Å². The van der Waals surface area contributed by atoms with Gasteiger partial charge in [-0.3, -0.25) is 0 Å². The molecule has 0 saturated carbocycles. The van der Waals surface area contributed by atoms with Crippen LogP contribution in [0.4, 0.5) is 0 Å². The van der Waals surface area contributed by atoms with Crippen LogP contribution >= 0.6 is 0 Å². The normalized spacial score (nSPS) is 25.4. The Balaban J connectivity index is 2.25. The molecule has 0 aromatic carbocycles. The summed E-state index contributed by atoms with van der Waals surface area (Å²) in [6.45, 7) is 14.1. The van der Waals surface area contributed by atoms with E-state index in [9.17, 15) is 0 Å². The Hall–Kier alpha value is -1.32. The van der Waals surface area contributed by atoms with E-state index in [2.05, 4.69) is 41.5 Å². The highest BCUT2D eigenvalue weighted by Gasteiger charge is 2.31. The van der Waals surface area contributed by atoms with Gasteiger partial charge in [-0.1, -0.05) is 33.3 Å². The molecule has 0 bridgehead atoms. The third kappa shape index (κ3) is 3.05. The van der Waals surface area contributed by atoms with Crippen molar-refractivity contribution in [2.75, 3.05) is 13.2 Å². The van der Waals surface area contributed by atoms with Crippen LogP contribution in [0.1, 0.15) is 41.5 Å². The summed E-state index contributed by atoms with van der Waals surface area (Å²) in [6, 6.07) is 0.476. The van der Waals surface area contributed by atoms with Gasteiger partial charge < -0.3 is 9.47 Å². The molecule has 2 aliphatic heterocycles. The second kappa shape index (κ2) is 5.98. The molecule has 4 nitrogen and oxygen atoms in total. The molecular weight excluding hydrogens is 252 g/mol. The van der Waals surface area contributed by atoms with Crippen molar-refractivity contribution in [3.05, 3.63) is 11.1 Å². The van der Waals surface area contributed by atoms with Crippen molar-refractivity contribution in [2.24, 2.45) is 21.8 Å². The van der Waals surface area contributed by atoms with Crippen LogP contribution in [-0.4, -0.2) is 37.1 Å². The van der Waals surface area contributed by atoms with Crippen LogP contribution in [0.15, 0.2) is 21.1 Å². The summed E-state index contributed by atoms with van der Waals surface area (Å²) in [5.41, 5.74) is 2.08. The Kier molecular flexibility index (Phi) is 4.51. The highest BCUT2D eigenvalue weighted by atomic mass is 16.5. The molecule has 0 fully saturated rings. The van der Waals surface area contributed by atoms with Gasteiger partial charge in [0.2, 0.25) is 11.8 Å². The number of rotatable bonds is 4. The van der Waals surface area contributed by atoms with E-state index in [4.69, 9.17) is 19.5 Å². The van der Waals surface area contributed by atoms with Crippen LogP contribution in [-0.2, 0) is 9.47 Å². The quantitative estimate of drug-likeness (QED) is 0.792. The van der Waals surface area contributed by atoms with Gasteiger partial charge in [-0.15, -0.1) is 0 Å². The number of aliphatic imine (C=N–C) groups is 2. The zero-order chi connectivity index (χ0) is 14.9. The van der Waals surface area contributed by atoms with Gasteiger partial charge in [-0.2, -0.15) is 0 Å². The average Bonchev–Trinajstić information content (AvgIpc) is 2.97. The molecule has 2 aliphatic rings. The van der Waals surface area contributed by atoms with Crippen LogP contribution in [0, 0.1) is 11.8 Å². The fourth-order valence-corrected chi connectivity index (χ4v) is 2.25. The lowest BCUT2D eigenvalue weighted by Gasteiger charge is -2.09. The highest BCUT2D eigenvalue weighted by molar-refractivity contribution is 6.19. The molecule has 112 valence electrons. The summed E-state index contributed by atoms with van der Waals surface area (Å²) >= 11 is 0. The van der Waals surface area contributed by atoms with Crippen molar-refractivity contribution < 1.29 is 9.47 Å². The van der Waals surface area contributed by atoms with E-state index >= 15 is 0 Å². The standard InChI is InChI=1S/C16H26N2O2/c1-9(2)12-7-19-15(17-12)14(11(5)6)16-18-13(8-20-16)10(3)4/h9-10,12-13H,7-8H2,1-6H3/t12-,13-/m0/s1. The van der Waals surface area contributed by atoms with Crippen molar-refractivity contribution in [3.8, 4) is 0 Å². The van der Waals surface area contributed by atoms with Crippen molar-refractivity contribution in [1.82, 2.24) is 0 Å². The molecule has 2 heterocycles. The summed E-state index contributed by atoms with van der Waals surface area (Å²) in [4.78, 5) is 9.40. The summed E-state index contributed by atoms with van der Waals surface area (Å²) in [5, 5.41) is 0. The third-order valence-corrected chi connectivity index (χ3v) is 3.81. The predicted octanol–water partition coefficient (Wildman–Crippen LogP) is 3.23. The predicted molar refractivity (Wildman–Crippen MR) is 82.4 cm³/mol. The van der Waals surface area contributed by atoms with Gasteiger partial charge in [0, 0.05) is 0 Å². The Morgan fingerprint density at radius 3 is 1.55 bits per heavy atom. The van der Waals surface area contributed by atoms with Crippen molar-refractivity contribution >= 4 is 11.8 Å². The first kappa shape index (κ1) is 15.1. The molecule has 0 aromatic rings. The number of allylic oxidation sites excluding steroid dienone is 1. The van der Waals surface area contributed by atoms with Crippen molar-refractivity contribution in [1.29, 1.82) is 0 Å². The second-order valence-electron chi connectivity index (χ2n) is 6.49. The zero-order valence-electron chi connectivity index (χ0n) is 13.4. The molecule has 20 heavy (non-hydrogen) atoms. The van der Waals surface area contributed by atoms with Gasteiger partial charge in [0.05, 0.1) is 17.7 Å². The molecule has 0 aromatic heterocycles. The topological polar surface area (TPSA) is 43.2 Å². The number of nitrogens with zero attached hydrogens (tertiary/aromatic N) is 2. The minimum Gasteiger partial charge on any atom is -0.475 e. The molecule has 4 heteroatoms. The Labute approximate surface area is 122 Å². The number of hydrogen-bond donors (Lipinski definition) is 0. The first-order valence-corrected chi connectivity index (χ1v) is 7.49. The SMILES string of the molecule is CC(C)=C(C1=N[C@H](C(C)C)CO1)C1=N[C@H](C(C)C)CO1. The van der Waals surface area contributed by atoms with Crippen LogP contribution in [0.3, 0.4) is 0 Å². The fourth-order valence-electron chi connectivity index (χ4n) is 2.25. The molecule has 0 unspecified atom stereocenters. The summed E-state index contributed by atoms with van der Waals surface area (Å²) < 4.78 is 11.6. The lowest BCUT2D eigenvalue weighted by Crippen LogP contribution is -2.15. The fraction of sp³-hybridized carbons (Fsp3) is 0.750. The minimum absolute atomic E-state index is 0.238. The van der Waals surface area contributed by atoms with E-state index in [0.29, 0.717) is 36.8 Å². The van der Waals surface area contributed by atoms with Crippen LogP contribution in [0.25, 0.3) is 0 Å². The molecule has 2 rings (SSSR count). The summed E-state index contributed by atoms with van der Waals surface area (Å²) in [7, 11) is 0. The highest BCUT2D eigenvalue weighted by Crippen LogP contribution is 2.24. The maximum atomic E-state index is 5.79. The molecule has 0 saturated heterocycles. The van der Waals surface area contributed by atoms with E-state index in [-0.39, 0.29) is 12.1 Å². The zero-order valence-corrected chi connectivity index (χ0v) is 13.4. The van der Waals surface area contributed by atoms with Crippen LogP contribution < -0.4 is 0 Å². The number of hydrogen-bond acceptors (Lipinski definition) is 4. The van der Waals surface area contributed by atoms with E-state index < -0.39 is 0 Å².